The molecular formula is C27H26N2O3. The van der Waals surface area contributed by atoms with Crippen molar-refractivity contribution in [2.75, 3.05) is 19.1 Å². The van der Waals surface area contributed by atoms with Crippen LogP contribution in [0.1, 0.15) is 27.2 Å². The molecule has 0 saturated carbocycles. The van der Waals surface area contributed by atoms with Gasteiger partial charge in [-0.25, -0.2) is 0 Å². The van der Waals surface area contributed by atoms with E-state index < -0.39 is 0 Å². The minimum absolute atomic E-state index is 0.142. The predicted octanol–water partition coefficient (Wildman–Crippen LogP) is 5.72. The third-order valence-electron chi connectivity index (χ3n) is 5.53. The monoisotopic (exact) mass is 426 g/mol. The zero-order valence-corrected chi connectivity index (χ0v) is 18.8. The van der Waals surface area contributed by atoms with Gasteiger partial charge in [0, 0.05) is 16.6 Å². The van der Waals surface area contributed by atoms with Crippen LogP contribution >= 0.6 is 0 Å². The zero-order chi connectivity index (χ0) is 22.7. The lowest BCUT2D eigenvalue weighted by Crippen LogP contribution is -2.31. The molecule has 0 N–H and O–H groups in total. The number of amides is 1. The van der Waals surface area contributed by atoms with Crippen LogP contribution in [0.25, 0.3) is 10.9 Å². The number of anilines is 1. The largest absolute Gasteiger partial charge is 0.497 e. The second-order valence-electron chi connectivity index (χ2n) is 7.72. The lowest BCUT2D eigenvalue weighted by Gasteiger charge is -2.26. The number of hydrogen-bond acceptors (Lipinski definition) is 4. The molecule has 3 aromatic carbocycles. The average Bonchev–Trinajstić information content (AvgIpc) is 2.82. The number of aryl methyl sites for hydroxylation is 2. The number of hydrogen-bond donors (Lipinski definition) is 0. The van der Waals surface area contributed by atoms with Crippen LogP contribution in [0.5, 0.6) is 11.5 Å². The van der Waals surface area contributed by atoms with Crippen LogP contribution in [0.15, 0.2) is 72.8 Å². The molecule has 4 rings (SSSR count). The SMILES string of the molecule is COc1cccc(C(=O)N(Cc2cc3ccc(C)cc3nc2C)c2ccccc2OC)c1. The number of rotatable bonds is 6. The molecular weight excluding hydrogens is 400 g/mol. The lowest BCUT2D eigenvalue weighted by atomic mass is 10.1. The fraction of sp³-hybridized carbons (Fsp3) is 0.185. The Morgan fingerprint density at radius 2 is 1.72 bits per heavy atom. The van der Waals surface area contributed by atoms with Gasteiger partial charge in [-0.2, -0.15) is 0 Å². The highest BCUT2D eigenvalue weighted by Gasteiger charge is 2.23. The molecule has 4 aromatic rings. The summed E-state index contributed by atoms with van der Waals surface area (Å²) in [6, 6.07) is 23.0. The van der Waals surface area contributed by atoms with Crippen molar-refractivity contribution in [3.63, 3.8) is 0 Å². The van der Waals surface area contributed by atoms with Gasteiger partial charge in [0.2, 0.25) is 0 Å². The summed E-state index contributed by atoms with van der Waals surface area (Å²) in [4.78, 5) is 20.2. The van der Waals surface area contributed by atoms with Crippen LogP contribution < -0.4 is 14.4 Å². The van der Waals surface area contributed by atoms with E-state index in [1.54, 1.807) is 31.3 Å². The van der Waals surface area contributed by atoms with Gasteiger partial charge in [0.15, 0.2) is 0 Å². The van der Waals surface area contributed by atoms with Crippen molar-refractivity contribution in [1.82, 2.24) is 4.98 Å². The van der Waals surface area contributed by atoms with Crippen molar-refractivity contribution in [2.24, 2.45) is 0 Å². The Labute approximate surface area is 188 Å². The number of aromatic nitrogens is 1. The maximum atomic E-state index is 13.7. The summed E-state index contributed by atoms with van der Waals surface area (Å²) in [5, 5.41) is 1.05. The number of carbonyl (C=O) groups is 1. The zero-order valence-electron chi connectivity index (χ0n) is 18.8. The smallest absolute Gasteiger partial charge is 0.258 e. The molecule has 0 bridgehead atoms. The topological polar surface area (TPSA) is 51.7 Å². The summed E-state index contributed by atoms with van der Waals surface area (Å²) in [5.41, 5.74) is 5.23. The molecule has 0 aliphatic heterocycles. The van der Waals surface area contributed by atoms with Crippen molar-refractivity contribution in [2.45, 2.75) is 20.4 Å². The number of methoxy groups -OCH3 is 2. The Kier molecular flexibility index (Phi) is 6.08. The number of para-hydroxylation sites is 2. The normalized spacial score (nSPS) is 10.8. The van der Waals surface area contributed by atoms with Crippen molar-refractivity contribution >= 4 is 22.5 Å². The third-order valence-corrected chi connectivity index (χ3v) is 5.53. The van der Waals surface area contributed by atoms with Gasteiger partial charge >= 0.3 is 0 Å². The van der Waals surface area contributed by atoms with E-state index in [1.807, 2.05) is 43.3 Å². The number of ether oxygens (including phenoxy) is 2. The fourth-order valence-corrected chi connectivity index (χ4v) is 3.78. The molecule has 0 aliphatic carbocycles. The number of fused-ring (bicyclic) bond motifs is 1. The minimum Gasteiger partial charge on any atom is -0.497 e. The molecule has 5 heteroatoms. The van der Waals surface area contributed by atoms with E-state index in [2.05, 4.69) is 31.2 Å². The van der Waals surface area contributed by atoms with Crippen molar-refractivity contribution < 1.29 is 14.3 Å². The third kappa shape index (κ3) is 4.28. The summed E-state index contributed by atoms with van der Waals surface area (Å²) in [5.74, 6) is 1.12. The Morgan fingerprint density at radius 1 is 0.906 bits per heavy atom. The summed E-state index contributed by atoms with van der Waals surface area (Å²) in [7, 11) is 3.20. The molecule has 32 heavy (non-hydrogen) atoms. The highest BCUT2D eigenvalue weighted by molar-refractivity contribution is 6.07. The van der Waals surface area contributed by atoms with E-state index in [0.29, 0.717) is 29.3 Å². The molecule has 0 atom stereocenters. The Balaban J connectivity index is 1.81. The Bertz CT molecular complexity index is 1280. The molecule has 1 heterocycles. The van der Waals surface area contributed by atoms with Crippen LogP contribution in [-0.2, 0) is 6.54 Å². The van der Waals surface area contributed by atoms with Gasteiger partial charge in [-0.3, -0.25) is 9.78 Å². The van der Waals surface area contributed by atoms with Gasteiger partial charge in [-0.15, -0.1) is 0 Å². The molecule has 0 aliphatic rings. The number of pyridine rings is 1. The molecule has 5 nitrogen and oxygen atoms in total. The van der Waals surface area contributed by atoms with Crippen LogP contribution in [0.3, 0.4) is 0 Å². The first kappa shape index (κ1) is 21.4. The quantitative estimate of drug-likeness (QED) is 0.396. The van der Waals surface area contributed by atoms with Crippen LogP contribution in [0, 0.1) is 13.8 Å². The molecule has 0 saturated heterocycles. The van der Waals surface area contributed by atoms with E-state index in [1.165, 1.54) is 5.56 Å². The molecule has 0 fully saturated rings. The number of benzene rings is 3. The van der Waals surface area contributed by atoms with E-state index in [9.17, 15) is 4.79 Å². The first-order chi connectivity index (χ1) is 15.5. The fourth-order valence-electron chi connectivity index (χ4n) is 3.78. The first-order valence-electron chi connectivity index (χ1n) is 10.5. The Hall–Kier alpha value is -3.86. The van der Waals surface area contributed by atoms with Gasteiger partial charge in [-0.05, 0) is 67.4 Å². The van der Waals surface area contributed by atoms with E-state index in [-0.39, 0.29) is 5.91 Å². The highest BCUT2D eigenvalue weighted by Crippen LogP contribution is 2.32. The highest BCUT2D eigenvalue weighted by atomic mass is 16.5. The molecule has 1 aromatic heterocycles. The summed E-state index contributed by atoms with van der Waals surface area (Å²) < 4.78 is 10.9. The van der Waals surface area contributed by atoms with E-state index in [0.717, 1.165) is 22.2 Å². The number of carbonyl (C=O) groups excluding carboxylic acids is 1. The van der Waals surface area contributed by atoms with E-state index >= 15 is 0 Å². The molecule has 1 amide bonds. The number of nitrogens with zero attached hydrogens (tertiary/aromatic N) is 2. The lowest BCUT2D eigenvalue weighted by molar-refractivity contribution is 0.0984. The van der Waals surface area contributed by atoms with Crippen LogP contribution in [-0.4, -0.2) is 25.1 Å². The summed E-state index contributed by atoms with van der Waals surface area (Å²) in [6.45, 7) is 4.40. The Morgan fingerprint density at radius 3 is 2.50 bits per heavy atom. The first-order valence-corrected chi connectivity index (χ1v) is 10.5. The molecule has 0 spiro atoms. The van der Waals surface area contributed by atoms with Crippen molar-refractivity contribution in [1.29, 1.82) is 0 Å². The maximum absolute atomic E-state index is 13.7. The molecule has 0 radical (unpaired) electrons. The van der Waals surface area contributed by atoms with Gasteiger partial charge in [-0.1, -0.05) is 30.3 Å². The van der Waals surface area contributed by atoms with Crippen molar-refractivity contribution in [3.05, 3.63) is 95.2 Å². The minimum atomic E-state index is -0.142. The van der Waals surface area contributed by atoms with Crippen LogP contribution in [0.2, 0.25) is 0 Å². The second-order valence-corrected chi connectivity index (χ2v) is 7.72. The molecule has 162 valence electrons. The molecule has 0 unspecified atom stereocenters. The second kappa shape index (κ2) is 9.10. The standard InChI is InChI=1S/C27H26N2O3/c1-18-12-13-20-15-22(19(2)28-24(20)14-18)17-29(25-10-5-6-11-26(25)32-4)27(30)21-8-7-9-23(16-21)31-3/h5-16H,17H2,1-4H3. The van der Waals surface area contributed by atoms with Crippen molar-refractivity contribution in [3.8, 4) is 11.5 Å². The summed E-state index contributed by atoms with van der Waals surface area (Å²) in [6.07, 6.45) is 0. The maximum Gasteiger partial charge on any atom is 0.258 e. The average molecular weight is 427 g/mol. The van der Waals surface area contributed by atoms with Gasteiger partial charge in [0.1, 0.15) is 11.5 Å². The van der Waals surface area contributed by atoms with Crippen LogP contribution in [0.4, 0.5) is 5.69 Å². The van der Waals surface area contributed by atoms with Gasteiger partial charge in [0.25, 0.3) is 5.91 Å². The predicted molar refractivity (Wildman–Crippen MR) is 128 cm³/mol. The van der Waals surface area contributed by atoms with E-state index in [4.69, 9.17) is 14.5 Å². The van der Waals surface area contributed by atoms with Gasteiger partial charge in [0.05, 0.1) is 32.0 Å². The summed E-state index contributed by atoms with van der Waals surface area (Å²) >= 11 is 0. The van der Waals surface area contributed by atoms with Gasteiger partial charge < -0.3 is 14.4 Å².